The Kier molecular flexibility index (Phi) is 3.77. The summed E-state index contributed by atoms with van der Waals surface area (Å²) in [5, 5.41) is 9.03. The standard InChI is InChI=1S/C11H16O3/c1-8(7-12)9-4-10(13-2)6-11(5-9)14-3/h4-6,8,12H,7H2,1-3H3/t8-/m1/s1. The van der Waals surface area contributed by atoms with Crippen LogP contribution in [-0.4, -0.2) is 25.9 Å². The molecule has 0 aliphatic carbocycles. The van der Waals surface area contributed by atoms with Crippen molar-refractivity contribution in [1.82, 2.24) is 0 Å². The van der Waals surface area contributed by atoms with Crippen molar-refractivity contribution in [2.24, 2.45) is 0 Å². The third kappa shape index (κ3) is 2.39. The van der Waals surface area contributed by atoms with Crippen LogP contribution in [0.1, 0.15) is 18.4 Å². The lowest BCUT2D eigenvalue weighted by Crippen LogP contribution is -2.00. The summed E-state index contributed by atoms with van der Waals surface area (Å²) in [6.07, 6.45) is 0. The molecule has 0 saturated heterocycles. The fourth-order valence-corrected chi connectivity index (χ4v) is 1.22. The second-order valence-corrected chi connectivity index (χ2v) is 3.23. The molecule has 3 heteroatoms. The minimum atomic E-state index is 0.0963. The van der Waals surface area contributed by atoms with Crippen molar-refractivity contribution in [3.63, 3.8) is 0 Å². The lowest BCUT2D eigenvalue weighted by atomic mass is 10.0. The van der Waals surface area contributed by atoms with Gasteiger partial charge in [-0.1, -0.05) is 6.92 Å². The number of rotatable bonds is 4. The molecule has 78 valence electrons. The minimum absolute atomic E-state index is 0.0963. The molecule has 0 spiro atoms. The topological polar surface area (TPSA) is 38.7 Å². The van der Waals surface area contributed by atoms with Crippen LogP contribution in [0.5, 0.6) is 11.5 Å². The van der Waals surface area contributed by atoms with Gasteiger partial charge in [-0.2, -0.15) is 0 Å². The van der Waals surface area contributed by atoms with Gasteiger partial charge in [-0.3, -0.25) is 0 Å². The van der Waals surface area contributed by atoms with Gasteiger partial charge < -0.3 is 14.6 Å². The third-order valence-corrected chi connectivity index (χ3v) is 2.22. The fourth-order valence-electron chi connectivity index (χ4n) is 1.22. The summed E-state index contributed by atoms with van der Waals surface area (Å²) < 4.78 is 10.3. The average molecular weight is 196 g/mol. The highest BCUT2D eigenvalue weighted by atomic mass is 16.5. The number of hydrogen-bond donors (Lipinski definition) is 1. The largest absolute Gasteiger partial charge is 0.497 e. The molecule has 0 heterocycles. The van der Waals surface area contributed by atoms with Crippen molar-refractivity contribution in [3.05, 3.63) is 23.8 Å². The zero-order valence-electron chi connectivity index (χ0n) is 8.78. The van der Waals surface area contributed by atoms with Gasteiger partial charge in [0.05, 0.1) is 14.2 Å². The summed E-state index contributed by atoms with van der Waals surface area (Å²) in [5.41, 5.74) is 1.02. The van der Waals surface area contributed by atoms with Gasteiger partial charge >= 0.3 is 0 Å². The van der Waals surface area contributed by atoms with Crippen molar-refractivity contribution in [1.29, 1.82) is 0 Å². The minimum Gasteiger partial charge on any atom is -0.497 e. The molecule has 0 aliphatic rings. The van der Waals surface area contributed by atoms with Gasteiger partial charge in [-0.15, -0.1) is 0 Å². The number of benzene rings is 1. The summed E-state index contributed by atoms with van der Waals surface area (Å²) >= 11 is 0. The predicted molar refractivity (Wildman–Crippen MR) is 55.0 cm³/mol. The van der Waals surface area contributed by atoms with Gasteiger partial charge in [0.2, 0.25) is 0 Å². The van der Waals surface area contributed by atoms with Crippen molar-refractivity contribution < 1.29 is 14.6 Å². The first-order valence-corrected chi connectivity index (χ1v) is 4.55. The molecular formula is C11H16O3. The molecule has 0 aromatic heterocycles. The molecule has 14 heavy (non-hydrogen) atoms. The summed E-state index contributed by atoms with van der Waals surface area (Å²) in [7, 11) is 3.23. The number of aliphatic hydroxyl groups is 1. The Morgan fingerprint density at radius 2 is 1.64 bits per heavy atom. The Morgan fingerprint density at radius 3 is 2.00 bits per heavy atom. The van der Waals surface area contributed by atoms with Crippen LogP contribution in [-0.2, 0) is 0 Å². The van der Waals surface area contributed by atoms with Gasteiger partial charge in [-0.25, -0.2) is 0 Å². The number of ether oxygens (including phenoxy) is 2. The zero-order chi connectivity index (χ0) is 10.6. The molecule has 1 rings (SSSR count). The molecule has 0 unspecified atom stereocenters. The van der Waals surface area contributed by atoms with Gasteiger partial charge in [0.25, 0.3) is 0 Å². The van der Waals surface area contributed by atoms with Gasteiger partial charge in [0.1, 0.15) is 11.5 Å². The number of hydrogen-bond acceptors (Lipinski definition) is 3. The highest BCUT2D eigenvalue weighted by Crippen LogP contribution is 2.26. The molecule has 1 N–H and O–H groups in total. The molecule has 0 bridgehead atoms. The smallest absolute Gasteiger partial charge is 0.122 e. The quantitative estimate of drug-likeness (QED) is 0.798. The van der Waals surface area contributed by atoms with Gasteiger partial charge in [0.15, 0.2) is 0 Å². The van der Waals surface area contributed by atoms with Crippen molar-refractivity contribution in [3.8, 4) is 11.5 Å². The Balaban J connectivity index is 3.04. The molecule has 3 nitrogen and oxygen atoms in total. The first-order chi connectivity index (χ1) is 6.71. The molecule has 1 aromatic carbocycles. The van der Waals surface area contributed by atoms with Crippen LogP contribution in [0.4, 0.5) is 0 Å². The normalized spacial score (nSPS) is 12.3. The Hall–Kier alpha value is -1.22. The zero-order valence-corrected chi connectivity index (χ0v) is 8.78. The summed E-state index contributed by atoms with van der Waals surface area (Å²) in [5.74, 6) is 1.60. The summed E-state index contributed by atoms with van der Waals surface area (Å²) in [6, 6.07) is 5.63. The molecule has 0 fully saturated rings. The molecule has 0 saturated carbocycles. The van der Waals surface area contributed by atoms with E-state index in [2.05, 4.69) is 0 Å². The highest BCUT2D eigenvalue weighted by molar-refractivity contribution is 5.39. The Labute approximate surface area is 84.3 Å². The van der Waals surface area contributed by atoms with Crippen LogP contribution in [0.15, 0.2) is 18.2 Å². The predicted octanol–water partition coefficient (Wildman–Crippen LogP) is 1.80. The average Bonchev–Trinajstić information content (AvgIpc) is 2.27. The van der Waals surface area contributed by atoms with E-state index in [4.69, 9.17) is 14.6 Å². The van der Waals surface area contributed by atoms with E-state index in [0.717, 1.165) is 17.1 Å². The molecule has 0 aliphatic heterocycles. The molecular weight excluding hydrogens is 180 g/mol. The molecule has 1 aromatic rings. The van der Waals surface area contributed by atoms with Gasteiger partial charge in [-0.05, 0) is 17.7 Å². The molecule has 0 amide bonds. The van der Waals surface area contributed by atoms with E-state index in [0.29, 0.717) is 0 Å². The lowest BCUT2D eigenvalue weighted by molar-refractivity contribution is 0.272. The van der Waals surface area contributed by atoms with Gasteiger partial charge in [0, 0.05) is 18.6 Å². The van der Waals surface area contributed by atoms with E-state index in [1.165, 1.54) is 0 Å². The monoisotopic (exact) mass is 196 g/mol. The molecule has 0 radical (unpaired) electrons. The van der Waals surface area contributed by atoms with Crippen LogP contribution in [0.25, 0.3) is 0 Å². The van der Waals surface area contributed by atoms with Crippen LogP contribution in [0, 0.1) is 0 Å². The SMILES string of the molecule is COc1cc(OC)cc([C@H](C)CO)c1. The van der Waals surface area contributed by atoms with E-state index >= 15 is 0 Å². The second-order valence-electron chi connectivity index (χ2n) is 3.23. The van der Waals surface area contributed by atoms with E-state index in [9.17, 15) is 0 Å². The first kappa shape index (κ1) is 10.9. The maximum absolute atomic E-state index is 9.03. The maximum Gasteiger partial charge on any atom is 0.122 e. The van der Waals surface area contributed by atoms with Crippen LogP contribution in [0.3, 0.4) is 0 Å². The van der Waals surface area contributed by atoms with Crippen molar-refractivity contribution in [2.45, 2.75) is 12.8 Å². The third-order valence-electron chi connectivity index (χ3n) is 2.22. The maximum atomic E-state index is 9.03. The van der Waals surface area contributed by atoms with Crippen molar-refractivity contribution in [2.75, 3.05) is 20.8 Å². The second kappa shape index (κ2) is 4.86. The highest BCUT2D eigenvalue weighted by Gasteiger charge is 2.07. The van der Waals surface area contributed by atoms with Crippen molar-refractivity contribution >= 4 is 0 Å². The fraction of sp³-hybridized carbons (Fsp3) is 0.455. The summed E-state index contributed by atoms with van der Waals surface area (Å²) in [4.78, 5) is 0. The van der Waals surface area contributed by atoms with Crippen LogP contribution < -0.4 is 9.47 Å². The lowest BCUT2D eigenvalue weighted by Gasteiger charge is -2.12. The number of methoxy groups -OCH3 is 2. The first-order valence-electron chi connectivity index (χ1n) is 4.55. The van der Waals surface area contributed by atoms with Crippen LogP contribution >= 0.6 is 0 Å². The van der Waals surface area contributed by atoms with E-state index in [1.54, 1.807) is 14.2 Å². The van der Waals surface area contributed by atoms with E-state index < -0.39 is 0 Å². The molecule has 1 atom stereocenters. The summed E-state index contributed by atoms with van der Waals surface area (Å²) in [6.45, 7) is 2.07. The number of aliphatic hydroxyl groups excluding tert-OH is 1. The van der Waals surface area contributed by atoms with Crippen LogP contribution in [0.2, 0.25) is 0 Å². The van der Waals surface area contributed by atoms with E-state index in [-0.39, 0.29) is 12.5 Å². The Morgan fingerprint density at radius 1 is 1.14 bits per heavy atom. The van der Waals surface area contributed by atoms with E-state index in [1.807, 2.05) is 25.1 Å². The Bertz CT molecular complexity index is 274.